The average Bonchev–Trinajstić information content (AvgIpc) is 2.95. The van der Waals surface area contributed by atoms with Crippen molar-refractivity contribution < 1.29 is 4.79 Å². The van der Waals surface area contributed by atoms with Gasteiger partial charge in [0.25, 0.3) is 5.91 Å². The maximum atomic E-state index is 12.8. The van der Waals surface area contributed by atoms with Gasteiger partial charge in [-0.2, -0.15) is 5.10 Å². The highest BCUT2D eigenvalue weighted by Gasteiger charge is 2.18. The second-order valence-electron chi connectivity index (χ2n) is 5.56. The van der Waals surface area contributed by atoms with Crippen molar-refractivity contribution in [1.82, 2.24) is 14.7 Å². The summed E-state index contributed by atoms with van der Waals surface area (Å²) >= 11 is 0. The van der Waals surface area contributed by atoms with Gasteiger partial charge in [-0.25, -0.2) is 0 Å². The molecular formula is C19H25N3O. The standard InChI is InChI=1S/C19H25N3O/c1-4-13-22(14-9-12-16-10-7-6-8-11-16)19(23)18-15-17(5-2)20-21(18)3/h6-12,15H,4-5,13-14H2,1-3H3. The third-order valence-electron chi connectivity index (χ3n) is 3.73. The van der Waals surface area contributed by atoms with Crippen LogP contribution in [0.5, 0.6) is 0 Å². The van der Waals surface area contributed by atoms with E-state index in [-0.39, 0.29) is 5.91 Å². The minimum atomic E-state index is 0.0410. The lowest BCUT2D eigenvalue weighted by atomic mass is 10.2. The molecule has 23 heavy (non-hydrogen) atoms. The Kier molecular flexibility index (Phi) is 6.15. The van der Waals surface area contributed by atoms with Gasteiger partial charge in [-0.1, -0.05) is 56.3 Å². The summed E-state index contributed by atoms with van der Waals surface area (Å²) in [5.74, 6) is 0.0410. The van der Waals surface area contributed by atoms with E-state index in [1.54, 1.807) is 4.68 Å². The largest absolute Gasteiger partial charge is 0.334 e. The van der Waals surface area contributed by atoms with Crippen molar-refractivity contribution >= 4 is 12.0 Å². The van der Waals surface area contributed by atoms with Crippen LogP contribution in [-0.2, 0) is 13.5 Å². The minimum absolute atomic E-state index is 0.0410. The summed E-state index contributed by atoms with van der Waals surface area (Å²) in [7, 11) is 1.83. The van der Waals surface area contributed by atoms with E-state index in [9.17, 15) is 4.79 Å². The normalized spacial score (nSPS) is 11.1. The summed E-state index contributed by atoms with van der Waals surface area (Å²) in [5, 5.41) is 4.37. The molecule has 122 valence electrons. The molecule has 0 unspecified atom stereocenters. The Labute approximate surface area is 138 Å². The summed E-state index contributed by atoms with van der Waals surface area (Å²) in [6, 6.07) is 12.0. The maximum Gasteiger partial charge on any atom is 0.272 e. The van der Waals surface area contributed by atoms with Crippen LogP contribution < -0.4 is 0 Å². The van der Waals surface area contributed by atoms with Crippen LogP contribution in [0.2, 0.25) is 0 Å². The molecule has 1 aromatic carbocycles. The lowest BCUT2D eigenvalue weighted by Gasteiger charge is -2.20. The Morgan fingerprint density at radius 3 is 2.61 bits per heavy atom. The number of aryl methyl sites for hydroxylation is 2. The molecule has 0 aliphatic rings. The summed E-state index contributed by atoms with van der Waals surface area (Å²) in [6.07, 6.45) is 5.86. The molecule has 1 amide bonds. The molecule has 0 saturated heterocycles. The number of benzene rings is 1. The lowest BCUT2D eigenvalue weighted by Crippen LogP contribution is -2.33. The number of hydrogen-bond donors (Lipinski definition) is 0. The van der Waals surface area contributed by atoms with E-state index in [4.69, 9.17) is 0 Å². The van der Waals surface area contributed by atoms with Gasteiger partial charge in [0.2, 0.25) is 0 Å². The van der Waals surface area contributed by atoms with Crippen LogP contribution in [0.1, 0.15) is 42.0 Å². The quantitative estimate of drug-likeness (QED) is 0.784. The summed E-state index contributed by atoms with van der Waals surface area (Å²) in [4.78, 5) is 14.6. The number of amides is 1. The van der Waals surface area contributed by atoms with E-state index >= 15 is 0 Å². The van der Waals surface area contributed by atoms with Gasteiger partial charge in [-0.15, -0.1) is 0 Å². The number of carbonyl (C=O) groups is 1. The molecule has 4 nitrogen and oxygen atoms in total. The highest BCUT2D eigenvalue weighted by molar-refractivity contribution is 5.92. The molecule has 0 N–H and O–H groups in total. The summed E-state index contributed by atoms with van der Waals surface area (Å²) in [6.45, 7) is 5.48. The summed E-state index contributed by atoms with van der Waals surface area (Å²) < 4.78 is 1.69. The van der Waals surface area contributed by atoms with Gasteiger partial charge in [-0.05, 0) is 24.5 Å². The first-order valence-electron chi connectivity index (χ1n) is 8.19. The molecule has 0 bridgehead atoms. The number of aromatic nitrogens is 2. The molecule has 0 saturated carbocycles. The van der Waals surface area contributed by atoms with Crippen molar-refractivity contribution in [2.24, 2.45) is 7.05 Å². The Bertz CT molecular complexity index is 659. The van der Waals surface area contributed by atoms with Crippen LogP contribution in [0.15, 0.2) is 42.5 Å². The van der Waals surface area contributed by atoms with Crippen molar-refractivity contribution in [3.05, 3.63) is 59.4 Å². The molecule has 1 heterocycles. The maximum absolute atomic E-state index is 12.8. The van der Waals surface area contributed by atoms with Gasteiger partial charge in [0.15, 0.2) is 0 Å². The number of carbonyl (C=O) groups excluding carboxylic acids is 1. The molecule has 1 aromatic heterocycles. The topological polar surface area (TPSA) is 38.1 Å². The molecule has 0 aliphatic carbocycles. The monoisotopic (exact) mass is 311 g/mol. The molecule has 0 atom stereocenters. The summed E-state index contributed by atoms with van der Waals surface area (Å²) in [5.41, 5.74) is 2.75. The van der Waals surface area contributed by atoms with Crippen LogP contribution in [0.3, 0.4) is 0 Å². The molecule has 0 aliphatic heterocycles. The zero-order valence-corrected chi connectivity index (χ0v) is 14.2. The van der Waals surface area contributed by atoms with E-state index in [0.717, 1.165) is 30.6 Å². The van der Waals surface area contributed by atoms with E-state index < -0.39 is 0 Å². The fourth-order valence-corrected chi connectivity index (χ4v) is 2.49. The molecule has 2 aromatic rings. The van der Waals surface area contributed by atoms with Crippen molar-refractivity contribution in [3.8, 4) is 0 Å². The second kappa shape index (κ2) is 8.32. The van der Waals surface area contributed by atoms with Gasteiger partial charge < -0.3 is 4.90 Å². The smallest absolute Gasteiger partial charge is 0.272 e. The molecule has 0 spiro atoms. The van der Waals surface area contributed by atoms with Gasteiger partial charge in [0.05, 0.1) is 5.69 Å². The first kappa shape index (κ1) is 17.0. The van der Waals surface area contributed by atoms with E-state index in [1.165, 1.54) is 0 Å². The Morgan fingerprint density at radius 2 is 2.00 bits per heavy atom. The second-order valence-corrected chi connectivity index (χ2v) is 5.56. The Balaban J connectivity index is 2.09. The van der Waals surface area contributed by atoms with E-state index in [1.807, 2.05) is 49.2 Å². The highest BCUT2D eigenvalue weighted by Crippen LogP contribution is 2.09. The first-order chi connectivity index (χ1) is 11.2. The molecule has 0 fully saturated rings. The van der Waals surface area contributed by atoms with Crippen LogP contribution in [0, 0.1) is 0 Å². The first-order valence-corrected chi connectivity index (χ1v) is 8.19. The predicted molar refractivity (Wildman–Crippen MR) is 94.3 cm³/mol. The fraction of sp³-hybridized carbons (Fsp3) is 0.368. The molecule has 4 heteroatoms. The zero-order chi connectivity index (χ0) is 16.7. The third kappa shape index (κ3) is 4.55. The Hall–Kier alpha value is -2.36. The van der Waals surface area contributed by atoms with E-state index in [2.05, 4.69) is 30.2 Å². The van der Waals surface area contributed by atoms with Crippen LogP contribution in [0.4, 0.5) is 0 Å². The molecular weight excluding hydrogens is 286 g/mol. The Morgan fingerprint density at radius 1 is 1.26 bits per heavy atom. The number of nitrogens with zero attached hydrogens (tertiary/aromatic N) is 3. The van der Waals surface area contributed by atoms with Gasteiger partial charge in [-0.3, -0.25) is 9.48 Å². The van der Waals surface area contributed by atoms with Gasteiger partial charge in [0.1, 0.15) is 5.69 Å². The van der Waals surface area contributed by atoms with Crippen LogP contribution in [0.25, 0.3) is 6.08 Å². The number of hydrogen-bond acceptors (Lipinski definition) is 2. The third-order valence-corrected chi connectivity index (χ3v) is 3.73. The van der Waals surface area contributed by atoms with E-state index in [0.29, 0.717) is 12.2 Å². The van der Waals surface area contributed by atoms with Crippen molar-refractivity contribution in [3.63, 3.8) is 0 Å². The average molecular weight is 311 g/mol. The highest BCUT2D eigenvalue weighted by atomic mass is 16.2. The number of rotatable bonds is 7. The van der Waals surface area contributed by atoms with Gasteiger partial charge >= 0.3 is 0 Å². The van der Waals surface area contributed by atoms with Crippen molar-refractivity contribution in [1.29, 1.82) is 0 Å². The van der Waals surface area contributed by atoms with Crippen molar-refractivity contribution in [2.45, 2.75) is 26.7 Å². The van der Waals surface area contributed by atoms with Gasteiger partial charge in [0, 0.05) is 20.1 Å². The molecule has 0 radical (unpaired) electrons. The zero-order valence-electron chi connectivity index (χ0n) is 14.2. The SMILES string of the molecule is CCCN(CC=Cc1ccccc1)C(=O)c1cc(CC)nn1C. The van der Waals surface area contributed by atoms with Crippen molar-refractivity contribution in [2.75, 3.05) is 13.1 Å². The van der Waals surface area contributed by atoms with Crippen LogP contribution >= 0.6 is 0 Å². The predicted octanol–water partition coefficient (Wildman–Crippen LogP) is 3.55. The minimum Gasteiger partial charge on any atom is -0.334 e. The van der Waals surface area contributed by atoms with Crippen LogP contribution in [-0.4, -0.2) is 33.7 Å². The fourth-order valence-electron chi connectivity index (χ4n) is 2.49. The lowest BCUT2D eigenvalue weighted by molar-refractivity contribution is 0.0763. The molecule has 2 rings (SSSR count).